The van der Waals surface area contributed by atoms with E-state index in [0.29, 0.717) is 5.02 Å². The van der Waals surface area contributed by atoms with Gasteiger partial charge in [-0.2, -0.15) is 85.0 Å². The van der Waals surface area contributed by atoms with Gasteiger partial charge in [0.15, 0.2) is 0 Å². The van der Waals surface area contributed by atoms with E-state index in [9.17, 15) is 0 Å². The number of fused-ring (bicyclic) bond motifs is 11. The summed E-state index contributed by atoms with van der Waals surface area (Å²) in [6.45, 7) is 18.4. The van der Waals surface area contributed by atoms with E-state index in [4.69, 9.17) is 34.8 Å². The molecule has 0 atom stereocenters. The summed E-state index contributed by atoms with van der Waals surface area (Å²) < 4.78 is 7.54. The summed E-state index contributed by atoms with van der Waals surface area (Å²) in [6, 6.07) is 56.3. The monoisotopic (exact) mass is 1870 g/mol. The Morgan fingerprint density at radius 3 is 1.19 bits per heavy atom. The fraction of sp³-hybridized carbons (Fsp3) is 0.233. The molecule has 11 heterocycles. The minimum Gasteiger partial charge on any atom is -0.473 e. The molecule has 0 saturated carbocycles. The molecular formula is C90H96Cl3N23Y3-6. The van der Waals surface area contributed by atoms with Crippen LogP contribution in [0.15, 0.2) is 227 Å². The molecule has 3 radical (unpaired) electrons. The minimum absolute atomic E-state index is 0. The number of nitrogens with zero attached hydrogens (tertiary/aromatic N) is 11. The van der Waals surface area contributed by atoms with Gasteiger partial charge in [0.2, 0.25) is 0 Å². The topological polar surface area (TPSA) is 253 Å². The van der Waals surface area contributed by atoms with E-state index in [1.54, 1.807) is 13.8 Å². The zero-order chi connectivity index (χ0) is 81.3. The van der Waals surface area contributed by atoms with E-state index in [1.165, 1.54) is 27.8 Å². The van der Waals surface area contributed by atoms with Crippen molar-refractivity contribution in [2.45, 2.75) is 93.5 Å². The second kappa shape index (κ2) is 47.0. The molecule has 8 aromatic carbocycles. The number of nitrogens with one attached hydrogen (secondary N) is 12. The molecule has 19 rings (SSSR count). The number of halogens is 3. The number of benzene rings is 8. The van der Waals surface area contributed by atoms with E-state index >= 15 is 0 Å². The largest absolute Gasteiger partial charge is 0.473 e. The van der Waals surface area contributed by atoms with Gasteiger partial charge in [-0.15, -0.1) is 38.5 Å². The standard InChI is InChI=1S/C13H14N2.C12H11ClN2.2C12H14N4.C12H12N2.C11H11ClN4.C11H12N4.C7H8ClN.3Y/c1-3-14-12-6-7-15-13-5-4-10(2)8-11(13)9-12;1-2-14-11-5-6-15-12-4-3-10(13)7-9(12)8-11;1-8-3-4-10-11(5-8)15-12-9(6-13-10)7-14-16(12)2;1-2-16-12-9(8-14-16)7-13-10-5-3-4-6-11(10)15-12;1-2-13-11-7-8-14-12-6-4-3-5-10(12)9-11;1-16-11-7(6-14-16)5-13-9-3-2-8(12)4-10(9)15-11;1-15-11-8(7-13-15)6-12-9-4-2-3-5-10(9)14-11;1-9-7-4-2-6(8)3-5-7;;;/h4-5,8,15H,6-7H2,1-2H3;3-4,7,15H,5-6H2,1H3;3-5,7,13,15H,6H2,1-2H3;3-6,8,13,15H,2,7H2,1H3;3-6,14H,7-8H2,1H3;2-4,6,13,15H,5H2,1H3;2-5,7,12,14H,6H2,1H3;2-5,9H,1H3;;;/q2*-2;;;-2;;;;;;. The normalized spacial score (nSPS) is 13.4. The molecule has 0 saturated heterocycles. The third kappa shape index (κ3) is 26.3. The molecule has 4 aromatic heterocycles. The number of anilines is 16. The van der Waals surface area contributed by atoms with Crippen LogP contribution in [0.5, 0.6) is 0 Å². The average Bonchev–Trinajstić information content (AvgIpc) is 1.68. The van der Waals surface area contributed by atoms with Crippen molar-refractivity contribution >= 4 is 145 Å². The molecule has 0 spiro atoms. The van der Waals surface area contributed by atoms with Crippen LogP contribution in [0.4, 0.5) is 91.5 Å². The van der Waals surface area contributed by atoms with Crippen molar-refractivity contribution < 1.29 is 98.1 Å². The van der Waals surface area contributed by atoms with Crippen LogP contribution in [0.1, 0.15) is 97.0 Å². The SMILES string of the molecule is CCn1ncc2c1Nc1ccccc1NC2.CNc1ccc(Cl)cc1.C[C-]=NC1=[C-]c2cc(C)ccc2NCC1.C[C-]=NC1=[C-]c2cc(Cl)ccc2NCC1.C[C-]=NC1=[C-]c2ccccc2NCC1.Cc1ccc2c(c1)Nc1c(cnn1C)CN2.Cn1ncc2c1Nc1cc(Cl)ccc1NC2.Cn1ncc2c1Nc1ccccc1NC2.[Y].[Y].[Y]. The minimum atomic E-state index is 0. The van der Waals surface area contributed by atoms with E-state index in [1.807, 2.05) is 182 Å². The smallest absolute Gasteiger partial charge is 0.133 e. The van der Waals surface area contributed by atoms with Crippen LogP contribution < -0.4 is 63.8 Å². The summed E-state index contributed by atoms with van der Waals surface area (Å²) in [7, 11) is 7.69. The van der Waals surface area contributed by atoms with Gasteiger partial charge in [-0.25, -0.2) is 4.68 Å². The van der Waals surface area contributed by atoms with Crippen molar-refractivity contribution in [3.8, 4) is 0 Å². The Morgan fingerprint density at radius 2 is 0.723 bits per heavy atom. The van der Waals surface area contributed by atoms with Crippen molar-refractivity contribution in [2.24, 2.45) is 36.1 Å². The summed E-state index contributed by atoms with van der Waals surface area (Å²) >= 11 is 17.6. The summed E-state index contributed by atoms with van der Waals surface area (Å²) in [5.41, 5.74) is 26.4. The van der Waals surface area contributed by atoms with Crippen LogP contribution in [0.3, 0.4) is 0 Å². The molecule has 0 bridgehead atoms. The van der Waals surface area contributed by atoms with Crippen LogP contribution in [-0.4, -0.2) is 84.4 Å². The second-order valence-corrected chi connectivity index (χ2v) is 28.6. The number of para-hydroxylation sites is 5. The van der Waals surface area contributed by atoms with Gasteiger partial charge in [0, 0.05) is 197 Å². The fourth-order valence-electron chi connectivity index (χ4n) is 13.0. The first kappa shape index (κ1) is 93.5. The molecular weight excluding hydrogens is 1780 g/mol. The van der Waals surface area contributed by atoms with Crippen molar-refractivity contribution in [3.05, 3.63) is 295 Å². The Hall–Kier alpha value is -9.39. The predicted octanol–water partition coefficient (Wildman–Crippen LogP) is 20.7. The molecule has 0 unspecified atom stereocenters. The molecule has 23 nitrogen and oxygen atoms in total. The number of rotatable bonds is 5. The Bertz CT molecular complexity index is 5340. The quantitative estimate of drug-likeness (QED) is 0.0565. The van der Waals surface area contributed by atoms with Gasteiger partial charge in [0.05, 0.1) is 70.3 Å². The molecule has 0 aliphatic carbocycles. The molecule has 0 fully saturated rings. The van der Waals surface area contributed by atoms with Crippen LogP contribution >= 0.6 is 34.8 Å². The first-order chi connectivity index (χ1) is 56.5. The summed E-state index contributed by atoms with van der Waals surface area (Å²) in [6.07, 6.45) is 28.5. The van der Waals surface area contributed by atoms with Crippen LogP contribution in [-0.2, 0) is 152 Å². The average molecular weight is 1870 g/mol. The van der Waals surface area contributed by atoms with E-state index in [-0.39, 0.29) is 98.1 Å². The predicted molar refractivity (Wildman–Crippen MR) is 482 cm³/mol. The molecule has 7 aliphatic rings. The molecule has 29 heteroatoms. The maximum absolute atomic E-state index is 5.98. The zero-order valence-electron chi connectivity index (χ0n) is 68.5. The number of aryl methyl sites for hydroxylation is 6. The van der Waals surface area contributed by atoms with Gasteiger partial charge in [-0.1, -0.05) is 145 Å². The van der Waals surface area contributed by atoms with E-state index in [0.717, 1.165) is 213 Å². The number of hydrogen-bond acceptors (Lipinski definition) is 19. The Morgan fingerprint density at radius 1 is 0.378 bits per heavy atom. The summed E-state index contributed by atoms with van der Waals surface area (Å²) in [4.78, 5) is 12.5. The van der Waals surface area contributed by atoms with Crippen LogP contribution in [0.25, 0.3) is 0 Å². The van der Waals surface area contributed by atoms with Crippen molar-refractivity contribution in [3.63, 3.8) is 0 Å². The first-order valence-corrected chi connectivity index (χ1v) is 39.5. The maximum Gasteiger partial charge on any atom is 0.133 e. The molecule has 607 valence electrons. The van der Waals surface area contributed by atoms with Crippen molar-refractivity contribution in [1.29, 1.82) is 0 Å². The van der Waals surface area contributed by atoms with Gasteiger partial charge in [-0.3, -0.25) is 32.3 Å². The Labute approximate surface area is 789 Å². The number of aromatic nitrogens is 8. The third-order valence-corrected chi connectivity index (χ3v) is 19.7. The molecule has 12 N–H and O–H groups in total. The van der Waals surface area contributed by atoms with Gasteiger partial charge in [-0.05, 0) is 123 Å². The van der Waals surface area contributed by atoms with Crippen molar-refractivity contribution in [1.82, 2.24) is 39.1 Å². The van der Waals surface area contributed by atoms with Crippen LogP contribution in [0, 0.1) is 32.1 Å². The van der Waals surface area contributed by atoms with Crippen molar-refractivity contribution in [2.75, 3.05) is 90.5 Å². The first-order valence-electron chi connectivity index (χ1n) is 38.4. The maximum atomic E-state index is 5.98. The zero-order valence-corrected chi connectivity index (χ0v) is 79.3. The number of hydrogen-bond donors (Lipinski definition) is 12. The Balaban J connectivity index is 0.000000155. The fourth-order valence-corrected chi connectivity index (χ4v) is 13.5. The van der Waals surface area contributed by atoms with Gasteiger partial charge in [0.25, 0.3) is 0 Å². The molecule has 12 aromatic rings. The van der Waals surface area contributed by atoms with E-state index in [2.05, 4.69) is 224 Å². The summed E-state index contributed by atoms with van der Waals surface area (Å²) in [5, 5.41) is 59.4. The van der Waals surface area contributed by atoms with Gasteiger partial charge >= 0.3 is 0 Å². The molecule has 7 aliphatic heterocycles. The van der Waals surface area contributed by atoms with Gasteiger partial charge < -0.3 is 78.8 Å². The van der Waals surface area contributed by atoms with Crippen LogP contribution in [0.2, 0.25) is 15.1 Å². The molecule has 0 amide bonds. The molecule has 119 heavy (non-hydrogen) atoms. The summed E-state index contributed by atoms with van der Waals surface area (Å²) in [5.74, 6) is 4.23. The third-order valence-electron chi connectivity index (χ3n) is 19.0. The van der Waals surface area contributed by atoms with E-state index < -0.39 is 0 Å². The Kier molecular flexibility index (Phi) is 36.9. The number of aliphatic imine (C=N–C) groups is 3. The van der Waals surface area contributed by atoms with Gasteiger partial charge in [0.1, 0.15) is 23.3 Å². The second-order valence-electron chi connectivity index (χ2n) is 27.3.